The Balaban J connectivity index is 2.72. The van der Waals surface area contributed by atoms with Gasteiger partial charge in [-0.1, -0.05) is 12.1 Å². The van der Waals surface area contributed by atoms with Gasteiger partial charge < -0.3 is 9.64 Å². The molecular weight excluding hydrogens is 268 g/mol. The van der Waals surface area contributed by atoms with Crippen LogP contribution < -0.4 is 0 Å². The van der Waals surface area contributed by atoms with Gasteiger partial charge in [0.15, 0.2) is 11.6 Å². The number of halogens is 2. The minimum absolute atomic E-state index is 0.0303. The van der Waals surface area contributed by atoms with E-state index in [-0.39, 0.29) is 31.7 Å². The quantitative estimate of drug-likeness (QED) is 0.750. The van der Waals surface area contributed by atoms with Crippen molar-refractivity contribution in [2.24, 2.45) is 0 Å². The summed E-state index contributed by atoms with van der Waals surface area (Å²) in [4.78, 5) is 24.6. The number of nitrogens with zero attached hydrogens (tertiary/aromatic N) is 1. The van der Waals surface area contributed by atoms with Gasteiger partial charge in [0.1, 0.15) is 6.54 Å². The lowest BCUT2D eigenvalue weighted by atomic mass is 10.1. The molecule has 0 unspecified atom stereocenters. The number of rotatable bonds is 6. The standard InChI is InChI=1S/C14H17F2NO3/c1-3-17(9-13(19)20-4-2)12(18)8-10-6-5-7-11(15)14(10)16/h5-7H,3-4,8-9H2,1-2H3. The molecule has 0 saturated carbocycles. The third-order valence-corrected chi connectivity index (χ3v) is 2.73. The number of ether oxygens (including phenoxy) is 1. The summed E-state index contributed by atoms with van der Waals surface area (Å²) in [6.45, 7) is 3.68. The number of hydrogen-bond donors (Lipinski definition) is 0. The van der Waals surface area contributed by atoms with Gasteiger partial charge in [-0.05, 0) is 19.9 Å². The first kappa shape index (κ1) is 16.1. The second-order valence-corrected chi connectivity index (χ2v) is 4.10. The minimum atomic E-state index is -1.03. The number of amides is 1. The Morgan fingerprint density at radius 2 is 1.95 bits per heavy atom. The van der Waals surface area contributed by atoms with Crippen molar-refractivity contribution in [1.82, 2.24) is 4.90 Å². The molecule has 0 aliphatic carbocycles. The summed E-state index contributed by atoms with van der Waals surface area (Å²) in [5, 5.41) is 0. The number of carbonyl (C=O) groups excluding carboxylic acids is 2. The second-order valence-electron chi connectivity index (χ2n) is 4.10. The smallest absolute Gasteiger partial charge is 0.325 e. The summed E-state index contributed by atoms with van der Waals surface area (Å²) in [7, 11) is 0. The first-order valence-electron chi connectivity index (χ1n) is 6.35. The summed E-state index contributed by atoms with van der Waals surface area (Å²) in [6, 6.07) is 3.66. The molecule has 4 nitrogen and oxygen atoms in total. The molecule has 0 atom stereocenters. The molecule has 1 rings (SSSR count). The Hall–Kier alpha value is -1.98. The van der Waals surface area contributed by atoms with Crippen molar-refractivity contribution in [3.63, 3.8) is 0 Å². The number of carbonyl (C=O) groups is 2. The van der Waals surface area contributed by atoms with E-state index in [4.69, 9.17) is 4.74 Å². The minimum Gasteiger partial charge on any atom is -0.465 e. The molecule has 20 heavy (non-hydrogen) atoms. The van der Waals surface area contributed by atoms with Crippen molar-refractivity contribution in [2.75, 3.05) is 19.7 Å². The van der Waals surface area contributed by atoms with E-state index >= 15 is 0 Å². The monoisotopic (exact) mass is 285 g/mol. The molecule has 0 heterocycles. The fourth-order valence-electron chi connectivity index (χ4n) is 1.70. The zero-order valence-corrected chi connectivity index (χ0v) is 11.5. The maximum Gasteiger partial charge on any atom is 0.325 e. The van der Waals surface area contributed by atoms with Crippen molar-refractivity contribution in [3.05, 3.63) is 35.4 Å². The van der Waals surface area contributed by atoms with Gasteiger partial charge >= 0.3 is 5.97 Å². The van der Waals surface area contributed by atoms with Crippen LogP contribution in [0.2, 0.25) is 0 Å². The van der Waals surface area contributed by atoms with E-state index < -0.39 is 23.5 Å². The van der Waals surface area contributed by atoms with Gasteiger partial charge in [0, 0.05) is 12.1 Å². The first-order chi connectivity index (χ1) is 9.49. The summed E-state index contributed by atoms with van der Waals surface area (Å²) >= 11 is 0. The molecule has 1 aromatic rings. The van der Waals surface area contributed by atoms with Crippen LogP contribution >= 0.6 is 0 Å². The van der Waals surface area contributed by atoms with Gasteiger partial charge in [-0.15, -0.1) is 0 Å². The average Bonchev–Trinajstić information content (AvgIpc) is 2.41. The Kier molecular flexibility index (Phi) is 6.09. The summed E-state index contributed by atoms with van der Waals surface area (Å²) in [5.74, 6) is -3.01. The van der Waals surface area contributed by atoms with E-state index in [0.717, 1.165) is 6.07 Å². The highest BCUT2D eigenvalue weighted by molar-refractivity contribution is 5.83. The van der Waals surface area contributed by atoms with Gasteiger partial charge in [0.25, 0.3) is 0 Å². The van der Waals surface area contributed by atoms with Crippen LogP contribution in [-0.2, 0) is 20.7 Å². The zero-order valence-electron chi connectivity index (χ0n) is 11.5. The van der Waals surface area contributed by atoms with E-state index in [2.05, 4.69) is 0 Å². The number of hydrogen-bond acceptors (Lipinski definition) is 3. The topological polar surface area (TPSA) is 46.6 Å². The van der Waals surface area contributed by atoms with Crippen LogP contribution in [0.25, 0.3) is 0 Å². The molecule has 110 valence electrons. The van der Waals surface area contributed by atoms with Crippen LogP contribution in [0.5, 0.6) is 0 Å². The molecule has 0 aliphatic heterocycles. The highest BCUT2D eigenvalue weighted by Crippen LogP contribution is 2.13. The molecule has 0 N–H and O–H groups in total. The third-order valence-electron chi connectivity index (χ3n) is 2.73. The lowest BCUT2D eigenvalue weighted by Crippen LogP contribution is -2.37. The van der Waals surface area contributed by atoms with E-state index in [1.807, 2.05) is 0 Å². The largest absolute Gasteiger partial charge is 0.465 e. The summed E-state index contributed by atoms with van der Waals surface area (Å²) < 4.78 is 31.3. The Morgan fingerprint density at radius 3 is 2.55 bits per heavy atom. The number of esters is 1. The molecule has 0 aromatic heterocycles. The lowest BCUT2D eigenvalue weighted by molar-refractivity contribution is -0.148. The van der Waals surface area contributed by atoms with Gasteiger partial charge in [-0.2, -0.15) is 0 Å². The average molecular weight is 285 g/mol. The van der Waals surface area contributed by atoms with Crippen LogP contribution in [-0.4, -0.2) is 36.5 Å². The molecule has 1 aromatic carbocycles. The summed E-state index contributed by atoms with van der Waals surface area (Å²) in [6.07, 6.45) is -0.295. The van der Waals surface area contributed by atoms with Gasteiger partial charge in [0.2, 0.25) is 5.91 Å². The molecule has 6 heteroatoms. The Morgan fingerprint density at radius 1 is 1.25 bits per heavy atom. The van der Waals surface area contributed by atoms with E-state index in [9.17, 15) is 18.4 Å². The fourth-order valence-corrected chi connectivity index (χ4v) is 1.70. The predicted octanol–water partition coefficient (Wildman–Crippen LogP) is 1.92. The van der Waals surface area contributed by atoms with Gasteiger partial charge in [-0.3, -0.25) is 9.59 Å². The predicted molar refractivity (Wildman–Crippen MR) is 68.9 cm³/mol. The van der Waals surface area contributed by atoms with Crippen LogP contribution in [0.1, 0.15) is 19.4 Å². The highest BCUT2D eigenvalue weighted by Gasteiger charge is 2.19. The molecular formula is C14H17F2NO3. The van der Waals surface area contributed by atoms with E-state index in [0.29, 0.717) is 0 Å². The highest BCUT2D eigenvalue weighted by atomic mass is 19.2. The lowest BCUT2D eigenvalue weighted by Gasteiger charge is -2.19. The molecule has 0 saturated heterocycles. The molecule has 0 bridgehead atoms. The van der Waals surface area contributed by atoms with Crippen LogP contribution in [0, 0.1) is 11.6 Å². The van der Waals surface area contributed by atoms with Crippen molar-refractivity contribution in [3.8, 4) is 0 Å². The number of benzene rings is 1. The molecule has 0 fully saturated rings. The Labute approximate surface area is 116 Å². The second kappa shape index (κ2) is 7.57. The van der Waals surface area contributed by atoms with Crippen molar-refractivity contribution >= 4 is 11.9 Å². The maximum absolute atomic E-state index is 13.5. The zero-order chi connectivity index (χ0) is 15.1. The SMILES string of the molecule is CCOC(=O)CN(CC)C(=O)Cc1cccc(F)c1F. The van der Waals surface area contributed by atoms with Crippen molar-refractivity contribution in [1.29, 1.82) is 0 Å². The molecule has 0 radical (unpaired) electrons. The van der Waals surface area contributed by atoms with Gasteiger partial charge in [0.05, 0.1) is 13.0 Å². The third kappa shape index (κ3) is 4.29. The summed E-state index contributed by atoms with van der Waals surface area (Å²) in [5.41, 5.74) is -0.0303. The van der Waals surface area contributed by atoms with Crippen LogP contribution in [0.15, 0.2) is 18.2 Å². The van der Waals surface area contributed by atoms with E-state index in [1.54, 1.807) is 13.8 Å². The normalized spacial score (nSPS) is 10.2. The molecule has 0 aliphatic rings. The van der Waals surface area contributed by atoms with Crippen LogP contribution in [0.3, 0.4) is 0 Å². The van der Waals surface area contributed by atoms with Gasteiger partial charge in [-0.25, -0.2) is 8.78 Å². The van der Waals surface area contributed by atoms with Crippen molar-refractivity contribution < 1.29 is 23.1 Å². The van der Waals surface area contributed by atoms with E-state index in [1.165, 1.54) is 17.0 Å². The fraction of sp³-hybridized carbons (Fsp3) is 0.429. The maximum atomic E-state index is 13.5. The molecule has 0 spiro atoms. The molecule has 1 amide bonds. The first-order valence-corrected chi connectivity index (χ1v) is 6.35. The Bertz CT molecular complexity index is 491. The van der Waals surface area contributed by atoms with Crippen molar-refractivity contribution in [2.45, 2.75) is 20.3 Å². The number of likely N-dealkylation sites (N-methyl/N-ethyl adjacent to an activating group) is 1. The van der Waals surface area contributed by atoms with Crippen LogP contribution in [0.4, 0.5) is 8.78 Å².